The zero-order valence-corrected chi connectivity index (χ0v) is 13.0. The van der Waals surface area contributed by atoms with Crippen molar-refractivity contribution >= 4 is 23.0 Å². The van der Waals surface area contributed by atoms with Gasteiger partial charge >= 0.3 is 0 Å². The minimum Gasteiger partial charge on any atom is -0.356 e. The molecule has 0 amide bonds. The molecule has 1 atom stereocenters. The van der Waals surface area contributed by atoms with Crippen molar-refractivity contribution in [3.05, 3.63) is 65.5 Å². The second-order valence-corrected chi connectivity index (χ2v) is 5.30. The Morgan fingerprint density at radius 1 is 1.14 bits per heavy atom. The van der Waals surface area contributed by atoms with Gasteiger partial charge in [-0.2, -0.15) is 0 Å². The van der Waals surface area contributed by atoms with Crippen LogP contribution in [0.25, 0.3) is 0 Å². The summed E-state index contributed by atoms with van der Waals surface area (Å²) < 4.78 is 13.5. The number of hydrogen-bond acceptors (Lipinski definition) is 1. The largest absolute Gasteiger partial charge is 0.356 e. The highest BCUT2D eigenvalue weighted by atomic mass is 32.1. The maximum atomic E-state index is 13.5. The van der Waals surface area contributed by atoms with Gasteiger partial charge in [0, 0.05) is 0 Å². The van der Waals surface area contributed by atoms with Gasteiger partial charge in [-0.05, 0) is 48.8 Å². The Hall–Kier alpha value is -1.94. The molecular formula is C17H19FN2S. The first-order valence-corrected chi connectivity index (χ1v) is 7.42. The highest BCUT2D eigenvalue weighted by Crippen LogP contribution is 2.15. The average molecular weight is 302 g/mol. The predicted molar refractivity (Wildman–Crippen MR) is 90.0 cm³/mol. The Morgan fingerprint density at radius 2 is 1.81 bits per heavy atom. The molecule has 0 aromatic heterocycles. The molecule has 21 heavy (non-hydrogen) atoms. The van der Waals surface area contributed by atoms with E-state index in [4.69, 9.17) is 12.2 Å². The maximum absolute atomic E-state index is 13.5. The Labute approximate surface area is 130 Å². The van der Waals surface area contributed by atoms with Gasteiger partial charge in [0.05, 0.1) is 11.7 Å². The van der Waals surface area contributed by atoms with Gasteiger partial charge in [0.2, 0.25) is 0 Å². The van der Waals surface area contributed by atoms with E-state index < -0.39 is 0 Å². The molecule has 2 aromatic carbocycles. The lowest BCUT2D eigenvalue weighted by Gasteiger charge is -2.18. The lowest BCUT2D eigenvalue weighted by atomic mass is 10.1. The smallest absolute Gasteiger partial charge is 0.171 e. The fourth-order valence-corrected chi connectivity index (χ4v) is 2.33. The van der Waals surface area contributed by atoms with Crippen molar-refractivity contribution in [1.82, 2.24) is 5.32 Å². The Kier molecular flexibility index (Phi) is 5.28. The van der Waals surface area contributed by atoms with Crippen LogP contribution >= 0.6 is 12.2 Å². The molecule has 0 fully saturated rings. The monoisotopic (exact) mass is 302 g/mol. The molecule has 2 rings (SSSR count). The second kappa shape index (κ2) is 7.18. The summed E-state index contributed by atoms with van der Waals surface area (Å²) in [5, 5.41) is 6.45. The summed E-state index contributed by atoms with van der Waals surface area (Å²) in [6.07, 6.45) is 1.02. The summed E-state index contributed by atoms with van der Waals surface area (Å²) in [7, 11) is 0. The van der Waals surface area contributed by atoms with Crippen molar-refractivity contribution in [3.63, 3.8) is 0 Å². The molecule has 0 aliphatic heterocycles. The van der Waals surface area contributed by atoms with Crippen LogP contribution in [-0.4, -0.2) is 5.11 Å². The van der Waals surface area contributed by atoms with Crippen LogP contribution in [0.15, 0.2) is 48.5 Å². The van der Waals surface area contributed by atoms with Gasteiger partial charge in [-0.15, -0.1) is 0 Å². The second-order valence-electron chi connectivity index (χ2n) is 4.90. The summed E-state index contributed by atoms with van der Waals surface area (Å²) in [5.74, 6) is -0.318. The molecule has 2 aromatic rings. The first kappa shape index (κ1) is 15.4. The van der Waals surface area contributed by atoms with Crippen LogP contribution < -0.4 is 10.6 Å². The zero-order chi connectivity index (χ0) is 15.2. The number of hydrogen-bond donors (Lipinski definition) is 2. The number of para-hydroxylation sites is 1. The molecule has 0 heterocycles. The molecule has 0 saturated heterocycles. The molecule has 110 valence electrons. The van der Waals surface area contributed by atoms with E-state index >= 15 is 0 Å². The Bertz CT molecular complexity index is 610. The van der Waals surface area contributed by atoms with Crippen LogP contribution in [0.2, 0.25) is 0 Å². The number of thiocarbonyl (C=S) groups is 1. The van der Waals surface area contributed by atoms with Crippen molar-refractivity contribution in [2.45, 2.75) is 26.3 Å². The molecular weight excluding hydrogens is 283 g/mol. The third-order valence-corrected chi connectivity index (χ3v) is 3.58. The quantitative estimate of drug-likeness (QED) is 0.817. The third kappa shape index (κ3) is 4.26. The molecule has 0 aliphatic rings. The number of nitrogens with one attached hydrogen (secondary N) is 2. The van der Waals surface area contributed by atoms with E-state index in [1.807, 2.05) is 6.92 Å². The molecule has 1 unspecified atom stereocenters. The average Bonchev–Trinajstić information content (AvgIpc) is 2.49. The van der Waals surface area contributed by atoms with Crippen LogP contribution in [0.1, 0.15) is 31.0 Å². The topological polar surface area (TPSA) is 24.1 Å². The van der Waals surface area contributed by atoms with Gasteiger partial charge in [0.1, 0.15) is 5.82 Å². The van der Waals surface area contributed by atoms with Gasteiger partial charge in [0.15, 0.2) is 5.11 Å². The zero-order valence-electron chi connectivity index (χ0n) is 12.2. The fourth-order valence-electron chi connectivity index (χ4n) is 2.04. The molecule has 0 bridgehead atoms. The number of anilines is 1. The number of halogens is 1. The normalized spacial score (nSPS) is 11.8. The van der Waals surface area contributed by atoms with E-state index in [1.165, 1.54) is 11.6 Å². The van der Waals surface area contributed by atoms with E-state index in [0.717, 1.165) is 12.0 Å². The van der Waals surface area contributed by atoms with E-state index in [2.05, 4.69) is 41.8 Å². The molecule has 0 radical (unpaired) electrons. The van der Waals surface area contributed by atoms with Crippen molar-refractivity contribution < 1.29 is 4.39 Å². The standard InChI is InChI=1S/C17H19FN2S/c1-3-13-8-10-14(11-9-13)12(2)19-17(21)20-16-7-5-4-6-15(16)18/h4-12H,3H2,1-2H3,(H2,19,20,21). The minimum atomic E-state index is -0.318. The predicted octanol–water partition coefficient (Wildman–Crippen LogP) is 4.44. The van der Waals surface area contributed by atoms with Gasteiger partial charge in [-0.25, -0.2) is 4.39 Å². The van der Waals surface area contributed by atoms with E-state index in [9.17, 15) is 4.39 Å². The van der Waals surface area contributed by atoms with E-state index in [-0.39, 0.29) is 11.9 Å². The van der Waals surface area contributed by atoms with Gasteiger partial charge in [-0.1, -0.05) is 43.3 Å². The lowest BCUT2D eigenvalue weighted by Crippen LogP contribution is -2.31. The van der Waals surface area contributed by atoms with Crippen molar-refractivity contribution in [2.75, 3.05) is 5.32 Å². The summed E-state index contributed by atoms with van der Waals surface area (Å²) in [6, 6.07) is 14.9. The molecule has 0 aliphatic carbocycles. The maximum Gasteiger partial charge on any atom is 0.171 e. The summed E-state index contributed by atoms with van der Waals surface area (Å²) >= 11 is 5.23. The number of aryl methyl sites for hydroxylation is 1. The van der Waals surface area contributed by atoms with Gasteiger partial charge in [-0.3, -0.25) is 0 Å². The summed E-state index contributed by atoms with van der Waals surface area (Å²) in [6.45, 7) is 4.15. The third-order valence-electron chi connectivity index (χ3n) is 3.36. The number of rotatable bonds is 4. The molecule has 4 heteroatoms. The molecule has 0 spiro atoms. The van der Waals surface area contributed by atoms with Crippen LogP contribution in [0.3, 0.4) is 0 Å². The van der Waals surface area contributed by atoms with Crippen LogP contribution in [0.5, 0.6) is 0 Å². The SMILES string of the molecule is CCc1ccc(C(C)NC(=S)Nc2ccccc2F)cc1. The summed E-state index contributed by atoms with van der Waals surface area (Å²) in [5.41, 5.74) is 2.83. The first-order valence-electron chi connectivity index (χ1n) is 7.01. The first-order chi connectivity index (χ1) is 10.1. The highest BCUT2D eigenvalue weighted by Gasteiger charge is 2.08. The lowest BCUT2D eigenvalue weighted by molar-refractivity contribution is 0.631. The number of benzene rings is 2. The van der Waals surface area contributed by atoms with Crippen LogP contribution in [-0.2, 0) is 6.42 Å². The Balaban J connectivity index is 1.97. The van der Waals surface area contributed by atoms with Crippen molar-refractivity contribution in [2.24, 2.45) is 0 Å². The molecule has 2 nitrogen and oxygen atoms in total. The van der Waals surface area contributed by atoms with Crippen molar-refractivity contribution in [3.8, 4) is 0 Å². The van der Waals surface area contributed by atoms with Gasteiger partial charge in [0.25, 0.3) is 0 Å². The van der Waals surface area contributed by atoms with E-state index in [0.29, 0.717) is 10.8 Å². The van der Waals surface area contributed by atoms with Crippen molar-refractivity contribution in [1.29, 1.82) is 0 Å². The summed E-state index contributed by atoms with van der Waals surface area (Å²) in [4.78, 5) is 0. The minimum absolute atomic E-state index is 0.0580. The fraction of sp³-hybridized carbons (Fsp3) is 0.235. The van der Waals surface area contributed by atoms with Gasteiger partial charge < -0.3 is 10.6 Å². The van der Waals surface area contributed by atoms with E-state index in [1.54, 1.807) is 18.2 Å². The van der Waals surface area contributed by atoms with Crippen LogP contribution in [0, 0.1) is 5.82 Å². The highest BCUT2D eigenvalue weighted by molar-refractivity contribution is 7.80. The van der Waals surface area contributed by atoms with Crippen LogP contribution in [0.4, 0.5) is 10.1 Å². The molecule has 2 N–H and O–H groups in total. The molecule has 0 saturated carbocycles. The Morgan fingerprint density at radius 3 is 2.43 bits per heavy atom.